The molecule has 0 fully saturated rings. The lowest BCUT2D eigenvalue weighted by atomic mass is 10.0. The van der Waals surface area contributed by atoms with E-state index in [-0.39, 0.29) is 5.92 Å². The van der Waals surface area contributed by atoms with Crippen LogP contribution in [0.2, 0.25) is 30.7 Å². The topological polar surface area (TPSA) is 23.8 Å². The molecule has 0 spiro atoms. The first kappa shape index (κ1) is 12.3. The maximum absolute atomic E-state index is 9.15. The van der Waals surface area contributed by atoms with E-state index in [9.17, 15) is 0 Å². The standard InChI is InChI=1S/C12H16ClNSi/c1-15(2,3)9-11(8-14)10-4-6-12(13)7-5-10/h4-7,11H,9H2,1-3H3. The summed E-state index contributed by atoms with van der Waals surface area (Å²) < 4.78 is 0. The van der Waals surface area contributed by atoms with Crippen molar-refractivity contribution in [1.29, 1.82) is 5.26 Å². The molecule has 80 valence electrons. The maximum Gasteiger partial charge on any atom is 0.0700 e. The minimum absolute atomic E-state index is 0.0222. The number of hydrogen-bond donors (Lipinski definition) is 0. The summed E-state index contributed by atoms with van der Waals surface area (Å²) in [6.07, 6.45) is 0. The molecule has 1 aromatic rings. The van der Waals surface area contributed by atoms with Gasteiger partial charge in [0.05, 0.1) is 12.0 Å². The molecule has 1 unspecified atom stereocenters. The molecule has 3 heteroatoms. The first-order chi connectivity index (χ1) is 6.92. The zero-order valence-electron chi connectivity index (χ0n) is 9.42. The number of halogens is 1. The Hall–Kier alpha value is -0.783. The molecule has 0 heterocycles. The van der Waals surface area contributed by atoms with Crippen LogP contribution in [-0.2, 0) is 0 Å². The molecule has 0 aliphatic carbocycles. The van der Waals surface area contributed by atoms with Crippen LogP contribution >= 0.6 is 11.6 Å². The van der Waals surface area contributed by atoms with Crippen molar-refractivity contribution < 1.29 is 0 Å². The second-order valence-corrected chi connectivity index (χ2v) is 11.0. The van der Waals surface area contributed by atoms with Crippen molar-refractivity contribution >= 4 is 19.7 Å². The van der Waals surface area contributed by atoms with Crippen molar-refractivity contribution in [2.24, 2.45) is 0 Å². The van der Waals surface area contributed by atoms with Crippen LogP contribution in [-0.4, -0.2) is 8.07 Å². The van der Waals surface area contributed by atoms with E-state index >= 15 is 0 Å². The third-order valence-electron chi connectivity index (χ3n) is 2.24. The number of hydrogen-bond acceptors (Lipinski definition) is 1. The van der Waals surface area contributed by atoms with Crippen molar-refractivity contribution in [3.63, 3.8) is 0 Å². The Balaban J connectivity index is 2.85. The zero-order valence-corrected chi connectivity index (χ0v) is 11.2. The Kier molecular flexibility index (Phi) is 3.95. The molecule has 0 radical (unpaired) electrons. The average molecular weight is 238 g/mol. The molecule has 0 aromatic heterocycles. The van der Waals surface area contributed by atoms with Crippen molar-refractivity contribution in [2.45, 2.75) is 31.6 Å². The first-order valence-electron chi connectivity index (χ1n) is 5.07. The van der Waals surface area contributed by atoms with E-state index in [2.05, 4.69) is 25.7 Å². The smallest absolute Gasteiger partial charge is 0.0700 e. The predicted molar refractivity (Wildman–Crippen MR) is 68.0 cm³/mol. The van der Waals surface area contributed by atoms with Crippen molar-refractivity contribution in [1.82, 2.24) is 0 Å². The molecule has 15 heavy (non-hydrogen) atoms. The second kappa shape index (κ2) is 4.83. The quantitative estimate of drug-likeness (QED) is 0.720. The molecule has 0 N–H and O–H groups in total. The molecule has 1 nitrogen and oxygen atoms in total. The van der Waals surface area contributed by atoms with Gasteiger partial charge in [0, 0.05) is 13.1 Å². The minimum Gasteiger partial charge on any atom is -0.198 e. The van der Waals surface area contributed by atoms with Crippen LogP contribution in [0.1, 0.15) is 11.5 Å². The first-order valence-corrected chi connectivity index (χ1v) is 9.16. The van der Waals surface area contributed by atoms with Gasteiger partial charge in [-0.1, -0.05) is 43.4 Å². The van der Waals surface area contributed by atoms with Crippen LogP contribution in [0, 0.1) is 11.3 Å². The highest BCUT2D eigenvalue weighted by molar-refractivity contribution is 6.76. The summed E-state index contributed by atoms with van der Waals surface area (Å²) in [4.78, 5) is 0. The molecule has 1 atom stereocenters. The minimum atomic E-state index is -1.19. The molecule has 0 bridgehead atoms. The van der Waals surface area contributed by atoms with Crippen LogP contribution in [0.15, 0.2) is 24.3 Å². The Bertz CT molecular complexity index is 359. The summed E-state index contributed by atoms with van der Waals surface area (Å²) in [5, 5.41) is 9.88. The van der Waals surface area contributed by atoms with Crippen molar-refractivity contribution in [2.75, 3.05) is 0 Å². The van der Waals surface area contributed by atoms with Gasteiger partial charge in [0.25, 0.3) is 0 Å². The van der Waals surface area contributed by atoms with Crippen LogP contribution in [0.3, 0.4) is 0 Å². The van der Waals surface area contributed by atoms with Crippen LogP contribution in [0.4, 0.5) is 0 Å². The Labute approximate surface area is 97.7 Å². The van der Waals surface area contributed by atoms with E-state index in [1.54, 1.807) is 0 Å². The van der Waals surface area contributed by atoms with Gasteiger partial charge in [-0.2, -0.15) is 5.26 Å². The fourth-order valence-electron chi connectivity index (χ4n) is 1.55. The largest absolute Gasteiger partial charge is 0.198 e. The van der Waals surface area contributed by atoms with E-state index in [0.717, 1.165) is 16.6 Å². The third kappa shape index (κ3) is 4.07. The summed E-state index contributed by atoms with van der Waals surface area (Å²) in [6.45, 7) is 6.85. The summed E-state index contributed by atoms with van der Waals surface area (Å²) in [7, 11) is -1.19. The van der Waals surface area contributed by atoms with Gasteiger partial charge in [-0.25, -0.2) is 0 Å². The van der Waals surface area contributed by atoms with Gasteiger partial charge in [-0.15, -0.1) is 0 Å². The fourth-order valence-corrected chi connectivity index (χ4v) is 3.22. The summed E-state index contributed by atoms with van der Waals surface area (Å²) in [5.74, 6) is 0.0222. The van der Waals surface area contributed by atoms with E-state index in [1.165, 1.54) is 0 Å². The highest BCUT2D eigenvalue weighted by Gasteiger charge is 2.21. The SMILES string of the molecule is C[Si](C)(C)CC(C#N)c1ccc(Cl)cc1. The van der Waals surface area contributed by atoms with E-state index in [4.69, 9.17) is 16.9 Å². The van der Waals surface area contributed by atoms with Crippen LogP contribution in [0.25, 0.3) is 0 Å². The molecule has 0 aliphatic heterocycles. The lowest BCUT2D eigenvalue weighted by Crippen LogP contribution is -2.22. The lowest BCUT2D eigenvalue weighted by molar-refractivity contribution is 0.953. The highest BCUT2D eigenvalue weighted by atomic mass is 35.5. The van der Waals surface area contributed by atoms with E-state index < -0.39 is 8.07 Å². The van der Waals surface area contributed by atoms with E-state index in [1.807, 2.05) is 24.3 Å². The van der Waals surface area contributed by atoms with Gasteiger partial charge in [0.2, 0.25) is 0 Å². The van der Waals surface area contributed by atoms with Crippen molar-refractivity contribution in [3.8, 4) is 6.07 Å². The van der Waals surface area contributed by atoms with Gasteiger partial charge in [-0.05, 0) is 23.7 Å². The Morgan fingerprint density at radius 1 is 1.27 bits per heavy atom. The Morgan fingerprint density at radius 3 is 2.20 bits per heavy atom. The van der Waals surface area contributed by atoms with Gasteiger partial charge in [0.1, 0.15) is 0 Å². The average Bonchev–Trinajstić information content (AvgIpc) is 2.14. The van der Waals surface area contributed by atoms with Gasteiger partial charge < -0.3 is 0 Å². The van der Waals surface area contributed by atoms with Crippen molar-refractivity contribution in [3.05, 3.63) is 34.9 Å². The molecular formula is C12H16ClNSi. The molecule has 0 saturated heterocycles. The number of nitrogens with zero attached hydrogens (tertiary/aromatic N) is 1. The molecular weight excluding hydrogens is 222 g/mol. The van der Waals surface area contributed by atoms with E-state index in [0.29, 0.717) is 0 Å². The lowest BCUT2D eigenvalue weighted by Gasteiger charge is -2.19. The fraction of sp³-hybridized carbons (Fsp3) is 0.417. The summed E-state index contributed by atoms with van der Waals surface area (Å²) in [5.41, 5.74) is 1.09. The number of nitriles is 1. The highest BCUT2D eigenvalue weighted by Crippen LogP contribution is 2.26. The zero-order chi connectivity index (χ0) is 11.5. The van der Waals surface area contributed by atoms with Crippen LogP contribution < -0.4 is 0 Å². The maximum atomic E-state index is 9.15. The summed E-state index contributed by atoms with van der Waals surface area (Å²) in [6, 6.07) is 11.0. The molecule has 0 amide bonds. The molecule has 0 saturated carbocycles. The van der Waals surface area contributed by atoms with Gasteiger partial charge in [0.15, 0.2) is 0 Å². The predicted octanol–water partition coefficient (Wildman–Crippen LogP) is 4.29. The van der Waals surface area contributed by atoms with Gasteiger partial charge >= 0.3 is 0 Å². The Morgan fingerprint density at radius 2 is 1.80 bits per heavy atom. The molecule has 1 rings (SSSR count). The third-order valence-corrected chi connectivity index (χ3v) is 4.13. The van der Waals surface area contributed by atoms with Gasteiger partial charge in [-0.3, -0.25) is 0 Å². The number of benzene rings is 1. The second-order valence-electron chi connectivity index (χ2n) is 5.00. The summed E-state index contributed by atoms with van der Waals surface area (Å²) >= 11 is 5.82. The normalized spacial score (nSPS) is 13.3. The monoisotopic (exact) mass is 237 g/mol. The molecule has 0 aliphatic rings. The molecule has 1 aromatic carbocycles. The number of rotatable bonds is 3. The van der Waals surface area contributed by atoms with Crippen LogP contribution in [0.5, 0.6) is 0 Å².